The monoisotopic (exact) mass is 190 g/mol. The molecule has 3 nitrogen and oxygen atoms in total. The van der Waals surface area contributed by atoms with Crippen molar-refractivity contribution < 1.29 is 14.3 Å². The standard InChI is InChI=1S/C11H10O3/c12-9-7-6-2-1-5-3-4-11(5,6)8(7)10(13)14-9/h1-2,5-8H,3-4H2. The fourth-order valence-electron chi connectivity index (χ4n) is 4.12. The Hall–Kier alpha value is -1.12. The fraction of sp³-hybridized carbons (Fsp3) is 0.636. The van der Waals surface area contributed by atoms with E-state index in [0.29, 0.717) is 11.8 Å². The predicted molar refractivity (Wildman–Crippen MR) is 45.9 cm³/mol. The molecule has 72 valence electrons. The molecule has 3 heteroatoms. The molecule has 4 aliphatic rings. The number of cyclic esters (lactones) is 2. The van der Waals surface area contributed by atoms with Crippen molar-refractivity contribution in [3.8, 4) is 0 Å². The maximum Gasteiger partial charge on any atom is 0.318 e. The van der Waals surface area contributed by atoms with Gasteiger partial charge in [0.2, 0.25) is 0 Å². The van der Waals surface area contributed by atoms with Crippen molar-refractivity contribution in [1.82, 2.24) is 0 Å². The molecule has 1 spiro atoms. The largest absolute Gasteiger partial charge is 0.393 e. The summed E-state index contributed by atoms with van der Waals surface area (Å²) < 4.78 is 4.72. The van der Waals surface area contributed by atoms with E-state index in [-0.39, 0.29) is 29.2 Å². The molecule has 14 heavy (non-hydrogen) atoms. The minimum absolute atomic E-state index is 0.103. The summed E-state index contributed by atoms with van der Waals surface area (Å²) in [5.74, 6) is 0.0766. The molecule has 5 unspecified atom stereocenters. The summed E-state index contributed by atoms with van der Waals surface area (Å²) >= 11 is 0. The van der Waals surface area contributed by atoms with Gasteiger partial charge in [0.25, 0.3) is 0 Å². The van der Waals surface area contributed by atoms with Gasteiger partial charge in [-0.05, 0) is 30.1 Å². The van der Waals surface area contributed by atoms with Crippen LogP contribution in [0, 0.1) is 29.1 Å². The van der Waals surface area contributed by atoms with Crippen molar-refractivity contribution >= 4 is 11.9 Å². The molecule has 5 atom stereocenters. The van der Waals surface area contributed by atoms with Crippen molar-refractivity contribution in [1.29, 1.82) is 0 Å². The van der Waals surface area contributed by atoms with Crippen LogP contribution in [0.1, 0.15) is 12.8 Å². The number of hydrogen-bond donors (Lipinski definition) is 0. The Morgan fingerprint density at radius 2 is 2.14 bits per heavy atom. The number of fused-ring (bicyclic) bond motifs is 2. The topological polar surface area (TPSA) is 43.4 Å². The van der Waals surface area contributed by atoms with E-state index in [9.17, 15) is 9.59 Å². The van der Waals surface area contributed by atoms with Gasteiger partial charge in [-0.2, -0.15) is 0 Å². The van der Waals surface area contributed by atoms with Gasteiger partial charge in [-0.3, -0.25) is 9.59 Å². The molecule has 1 aliphatic heterocycles. The third kappa shape index (κ3) is 0.463. The minimum Gasteiger partial charge on any atom is -0.393 e. The second-order valence-corrected chi connectivity index (χ2v) is 4.91. The number of carbonyl (C=O) groups excluding carboxylic acids is 2. The highest BCUT2D eigenvalue weighted by Gasteiger charge is 2.76. The summed E-state index contributed by atoms with van der Waals surface area (Å²) in [5.41, 5.74) is 0.119. The smallest absolute Gasteiger partial charge is 0.318 e. The molecular weight excluding hydrogens is 180 g/mol. The molecule has 0 bridgehead atoms. The van der Waals surface area contributed by atoms with Crippen LogP contribution in [-0.2, 0) is 14.3 Å². The minimum atomic E-state index is -0.284. The molecule has 1 saturated heterocycles. The van der Waals surface area contributed by atoms with E-state index in [0.717, 1.165) is 6.42 Å². The second-order valence-electron chi connectivity index (χ2n) is 4.91. The van der Waals surface area contributed by atoms with Gasteiger partial charge in [-0.15, -0.1) is 0 Å². The summed E-state index contributed by atoms with van der Waals surface area (Å²) in [6, 6.07) is 0. The maximum absolute atomic E-state index is 11.5. The molecule has 0 aromatic heterocycles. The van der Waals surface area contributed by atoms with Crippen LogP contribution in [0.5, 0.6) is 0 Å². The van der Waals surface area contributed by atoms with Crippen molar-refractivity contribution in [3.05, 3.63) is 12.2 Å². The molecule has 3 aliphatic carbocycles. The van der Waals surface area contributed by atoms with E-state index in [2.05, 4.69) is 12.2 Å². The number of esters is 2. The molecule has 0 aromatic carbocycles. The number of rotatable bonds is 0. The van der Waals surface area contributed by atoms with Gasteiger partial charge in [-0.1, -0.05) is 12.2 Å². The summed E-state index contributed by atoms with van der Waals surface area (Å²) in [5, 5.41) is 0. The van der Waals surface area contributed by atoms with E-state index < -0.39 is 0 Å². The van der Waals surface area contributed by atoms with Gasteiger partial charge in [0.05, 0.1) is 11.8 Å². The lowest BCUT2D eigenvalue weighted by atomic mass is 9.39. The van der Waals surface area contributed by atoms with E-state index in [1.807, 2.05) is 0 Å². The Morgan fingerprint density at radius 3 is 2.86 bits per heavy atom. The average molecular weight is 190 g/mol. The van der Waals surface area contributed by atoms with Gasteiger partial charge in [0, 0.05) is 0 Å². The molecule has 2 saturated carbocycles. The zero-order chi connectivity index (χ0) is 9.50. The average Bonchev–Trinajstić information content (AvgIpc) is 2.38. The first kappa shape index (κ1) is 7.21. The maximum atomic E-state index is 11.5. The normalized spacial score (nSPS) is 56.9. The Labute approximate surface area is 81.1 Å². The Morgan fingerprint density at radius 1 is 1.29 bits per heavy atom. The highest BCUT2D eigenvalue weighted by molar-refractivity contribution is 5.99. The highest BCUT2D eigenvalue weighted by Crippen LogP contribution is 2.74. The highest BCUT2D eigenvalue weighted by atomic mass is 16.6. The first-order valence-corrected chi connectivity index (χ1v) is 5.19. The van der Waals surface area contributed by atoms with Crippen molar-refractivity contribution in [2.75, 3.05) is 0 Å². The first-order valence-electron chi connectivity index (χ1n) is 5.19. The van der Waals surface area contributed by atoms with Crippen LogP contribution in [0.15, 0.2) is 12.2 Å². The quantitative estimate of drug-likeness (QED) is 0.324. The summed E-state index contributed by atoms with van der Waals surface area (Å²) in [6.45, 7) is 0. The van der Waals surface area contributed by atoms with Crippen LogP contribution in [0.25, 0.3) is 0 Å². The Balaban J connectivity index is 1.84. The summed E-state index contributed by atoms with van der Waals surface area (Å²) in [4.78, 5) is 22.9. The number of hydrogen-bond acceptors (Lipinski definition) is 3. The number of allylic oxidation sites excluding steroid dienone is 2. The molecule has 0 N–H and O–H groups in total. The van der Waals surface area contributed by atoms with Crippen LogP contribution in [0.4, 0.5) is 0 Å². The van der Waals surface area contributed by atoms with E-state index in [1.165, 1.54) is 6.42 Å². The zero-order valence-corrected chi connectivity index (χ0v) is 7.60. The fourth-order valence-corrected chi connectivity index (χ4v) is 4.12. The van der Waals surface area contributed by atoms with Gasteiger partial charge >= 0.3 is 11.9 Å². The van der Waals surface area contributed by atoms with Gasteiger partial charge in [-0.25, -0.2) is 0 Å². The predicted octanol–water partition coefficient (Wildman–Crippen LogP) is 0.898. The molecule has 0 radical (unpaired) electrons. The van der Waals surface area contributed by atoms with E-state index in [1.54, 1.807) is 0 Å². The second kappa shape index (κ2) is 1.81. The lowest BCUT2D eigenvalue weighted by Gasteiger charge is -2.61. The van der Waals surface area contributed by atoms with Gasteiger partial charge < -0.3 is 4.74 Å². The third-order valence-electron chi connectivity index (χ3n) is 4.80. The van der Waals surface area contributed by atoms with E-state index >= 15 is 0 Å². The lowest BCUT2D eigenvalue weighted by Crippen LogP contribution is -2.62. The van der Waals surface area contributed by atoms with Crippen molar-refractivity contribution in [3.63, 3.8) is 0 Å². The Kier molecular flexibility index (Phi) is 0.932. The summed E-state index contributed by atoms with van der Waals surface area (Å²) in [6.07, 6.45) is 6.61. The third-order valence-corrected chi connectivity index (χ3v) is 4.80. The van der Waals surface area contributed by atoms with Gasteiger partial charge in [0.15, 0.2) is 0 Å². The number of carbonyl (C=O) groups is 2. The lowest BCUT2D eigenvalue weighted by molar-refractivity contribution is -0.174. The molecule has 1 heterocycles. The van der Waals surface area contributed by atoms with Crippen molar-refractivity contribution in [2.24, 2.45) is 29.1 Å². The molecular formula is C11H10O3. The molecule has 0 aromatic rings. The molecule has 0 amide bonds. The van der Waals surface area contributed by atoms with Crippen LogP contribution in [-0.4, -0.2) is 11.9 Å². The van der Waals surface area contributed by atoms with Crippen LogP contribution < -0.4 is 0 Å². The summed E-state index contributed by atoms with van der Waals surface area (Å²) in [7, 11) is 0. The molecule has 4 rings (SSSR count). The Bertz CT molecular complexity index is 397. The van der Waals surface area contributed by atoms with Crippen LogP contribution in [0.3, 0.4) is 0 Å². The van der Waals surface area contributed by atoms with Crippen molar-refractivity contribution in [2.45, 2.75) is 12.8 Å². The van der Waals surface area contributed by atoms with Crippen LogP contribution >= 0.6 is 0 Å². The zero-order valence-electron chi connectivity index (χ0n) is 7.60. The van der Waals surface area contributed by atoms with Gasteiger partial charge in [0.1, 0.15) is 0 Å². The first-order chi connectivity index (χ1) is 6.75. The number of ether oxygens (including phenoxy) is 1. The van der Waals surface area contributed by atoms with Crippen LogP contribution in [0.2, 0.25) is 0 Å². The van der Waals surface area contributed by atoms with E-state index in [4.69, 9.17) is 4.74 Å². The molecule has 3 fully saturated rings. The SMILES string of the molecule is O=C1OC(=O)C2C1C1C=CC3CCC312.